The first-order valence-electron chi connectivity index (χ1n) is 5.67. The van der Waals surface area contributed by atoms with Gasteiger partial charge in [-0.2, -0.15) is 0 Å². The number of rotatable bonds is 4. The maximum Gasteiger partial charge on any atom is 0.0477 e. The number of alkyl halides is 1. The van der Waals surface area contributed by atoms with Crippen LogP contribution in [0.1, 0.15) is 43.0 Å². The van der Waals surface area contributed by atoms with E-state index in [4.69, 9.17) is 17.3 Å². The predicted molar refractivity (Wildman–Crippen MR) is 68.5 cm³/mol. The highest BCUT2D eigenvalue weighted by Crippen LogP contribution is 2.28. The summed E-state index contributed by atoms with van der Waals surface area (Å²) in [7, 11) is 0. The molecule has 1 nitrogen and oxygen atoms in total. The van der Waals surface area contributed by atoms with E-state index < -0.39 is 0 Å². The smallest absolute Gasteiger partial charge is 0.0477 e. The Kier molecular flexibility index (Phi) is 4.46. The van der Waals surface area contributed by atoms with Gasteiger partial charge in [-0.3, -0.25) is 0 Å². The summed E-state index contributed by atoms with van der Waals surface area (Å²) in [4.78, 5) is 0. The Morgan fingerprint density at radius 3 is 2.00 bits per heavy atom. The third kappa shape index (κ3) is 2.28. The van der Waals surface area contributed by atoms with Crippen molar-refractivity contribution in [3.63, 3.8) is 0 Å². The van der Waals surface area contributed by atoms with Gasteiger partial charge in [0.25, 0.3) is 0 Å². The fraction of sp³-hybridized carbons (Fsp3) is 0.538. The van der Waals surface area contributed by atoms with E-state index in [0.29, 0.717) is 5.88 Å². The van der Waals surface area contributed by atoms with Crippen LogP contribution >= 0.6 is 11.6 Å². The maximum absolute atomic E-state index is 6.16. The van der Waals surface area contributed by atoms with Gasteiger partial charge in [0.05, 0.1) is 0 Å². The number of halogens is 1. The fourth-order valence-corrected chi connectivity index (χ4v) is 2.42. The Labute approximate surface area is 97.6 Å². The highest BCUT2D eigenvalue weighted by Gasteiger charge is 2.12. The average molecular weight is 226 g/mol. The van der Waals surface area contributed by atoms with Gasteiger partial charge in [-0.15, -0.1) is 11.6 Å². The van der Waals surface area contributed by atoms with Crippen LogP contribution in [-0.2, 0) is 25.1 Å². The second kappa shape index (κ2) is 5.41. The number of aryl methyl sites for hydroxylation is 1. The molecule has 0 fully saturated rings. The minimum Gasteiger partial charge on any atom is -0.398 e. The number of anilines is 1. The molecule has 0 aliphatic rings. The topological polar surface area (TPSA) is 26.0 Å². The van der Waals surface area contributed by atoms with E-state index in [9.17, 15) is 0 Å². The van der Waals surface area contributed by atoms with Crippen LogP contribution in [-0.4, -0.2) is 0 Å². The molecule has 0 bridgehead atoms. The van der Waals surface area contributed by atoms with E-state index in [1.807, 2.05) is 0 Å². The standard InChI is InChI=1S/C13H20ClN/c1-4-9-7-10(8-14)11(5-2)12(6-3)13(9)15/h7H,4-6,8,15H2,1-3H3. The van der Waals surface area contributed by atoms with E-state index in [2.05, 4.69) is 26.8 Å². The molecular weight excluding hydrogens is 206 g/mol. The van der Waals surface area contributed by atoms with Crippen LogP contribution in [0.4, 0.5) is 5.69 Å². The summed E-state index contributed by atoms with van der Waals surface area (Å²) in [5, 5.41) is 0. The molecule has 0 spiro atoms. The first-order valence-corrected chi connectivity index (χ1v) is 6.20. The van der Waals surface area contributed by atoms with Crippen LogP contribution < -0.4 is 5.73 Å². The van der Waals surface area contributed by atoms with E-state index >= 15 is 0 Å². The Bertz CT molecular complexity index is 345. The number of hydrogen-bond acceptors (Lipinski definition) is 1. The van der Waals surface area contributed by atoms with Crippen LogP contribution in [0.2, 0.25) is 0 Å². The van der Waals surface area contributed by atoms with Gasteiger partial charge in [-0.25, -0.2) is 0 Å². The van der Waals surface area contributed by atoms with Crippen LogP contribution in [0, 0.1) is 0 Å². The molecule has 0 saturated heterocycles. The van der Waals surface area contributed by atoms with Crippen LogP contribution in [0.3, 0.4) is 0 Å². The summed E-state index contributed by atoms with van der Waals surface area (Å²) in [5.74, 6) is 0.587. The summed E-state index contributed by atoms with van der Waals surface area (Å²) >= 11 is 5.98. The van der Waals surface area contributed by atoms with Crippen molar-refractivity contribution < 1.29 is 0 Å². The molecule has 0 unspecified atom stereocenters. The molecule has 15 heavy (non-hydrogen) atoms. The monoisotopic (exact) mass is 225 g/mol. The predicted octanol–water partition coefficient (Wildman–Crippen LogP) is 3.69. The van der Waals surface area contributed by atoms with E-state index in [-0.39, 0.29) is 0 Å². The molecule has 0 aromatic heterocycles. The molecular formula is C13H20ClN. The number of hydrogen-bond donors (Lipinski definition) is 1. The third-order valence-electron chi connectivity index (χ3n) is 3.00. The lowest BCUT2D eigenvalue weighted by molar-refractivity contribution is 0.997. The molecule has 2 heteroatoms. The second-order valence-electron chi connectivity index (χ2n) is 3.76. The van der Waals surface area contributed by atoms with Crippen molar-refractivity contribution in [1.82, 2.24) is 0 Å². The minimum atomic E-state index is 0.587. The summed E-state index contributed by atoms with van der Waals surface area (Å²) in [6, 6.07) is 2.17. The molecule has 0 saturated carbocycles. The summed E-state index contributed by atoms with van der Waals surface area (Å²) in [5.41, 5.74) is 12.3. The fourth-order valence-electron chi connectivity index (χ4n) is 2.18. The largest absolute Gasteiger partial charge is 0.398 e. The summed E-state index contributed by atoms with van der Waals surface area (Å²) in [6.07, 6.45) is 2.98. The molecule has 1 aromatic carbocycles. The van der Waals surface area contributed by atoms with Gasteiger partial charge in [0, 0.05) is 11.6 Å². The first kappa shape index (κ1) is 12.4. The lowest BCUT2D eigenvalue weighted by Crippen LogP contribution is -2.06. The van der Waals surface area contributed by atoms with Crippen molar-refractivity contribution >= 4 is 17.3 Å². The van der Waals surface area contributed by atoms with Gasteiger partial charge in [0.15, 0.2) is 0 Å². The third-order valence-corrected chi connectivity index (χ3v) is 3.29. The first-order chi connectivity index (χ1) is 7.19. The molecule has 2 N–H and O–H groups in total. The van der Waals surface area contributed by atoms with Gasteiger partial charge in [-0.1, -0.05) is 26.8 Å². The SMILES string of the molecule is CCc1cc(CCl)c(CC)c(CC)c1N. The number of benzene rings is 1. The maximum atomic E-state index is 6.16. The zero-order valence-electron chi connectivity index (χ0n) is 9.86. The Morgan fingerprint density at radius 2 is 1.60 bits per heavy atom. The van der Waals surface area contributed by atoms with Crippen LogP contribution in [0.25, 0.3) is 0 Å². The van der Waals surface area contributed by atoms with Gasteiger partial charge in [-0.05, 0) is 41.5 Å². The van der Waals surface area contributed by atoms with Crippen molar-refractivity contribution in [3.05, 3.63) is 28.3 Å². The molecule has 0 aliphatic carbocycles. The van der Waals surface area contributed by atoms with Crippen molar-refractivity contribution in [3.8, 4) is 0 Å². The molecule has 0 atom stereocenters. The normalized spacial score (nSPS) is 10.7. The summed E-state index contributed by atoms with van der Waals surface area (Å²) < 4.78 is 0. The Morgan fingerprint density at radius 1 is 1.00 bits per heavy atom. The second-order valence-corrected chi connectivity index (χ2v) is 4.03. The Hall–Kier alpha value is -0.690. The van der Waals surface area contributed by atoms with E-state index in [1.54, 1.807) is 0 Å². The van der Waals surface area contributed by atoms with E-state index in [1.165, 1.54) is 22.3 Å². The van der Waals surface area contributed by atoms with Crippen molar-refractivity contribution in [2.24, 2.45) is 0 Å². The van der Waals surface area contributed by atoms with Crippen LogP contribution in [0.5, 0.6) is 0 Å². The number of nitrogens with two attached hydrogens (primary N) is 1. The molecule has 0 aliphatic heterocycles. The van der Waals surface area contributed by atoms with Crippen molar-refractivity contribution in [2.45, 2.75) is 45.9 Å². The lowest BCUT2D eigenvalue weighted by atomic mass is 9.92. The zero-order chi connectivity index (χ0) is 11.4. The van der Waals surface area contributed by atoms with Crippen LogP contribution in [0.15, 0.2) is 6.07 Å². The highest BCUT2D eigenvalue weighted by atomic mass is 35.5. The van der Waals surface area contributed by atoms with Crippen molar-refractivity contribution in [2.75, 3.05) is 5.73 Å². The molecule has 0 heterocycles. The van der Waals surface area contributed by atoms with Gasteiger partial charge in [0.2, 0.25) is 0 Å². The zero-order valence-corrected chi connectivity index (χ0v) is 10.6. The highest BCUT2D eigenvalue weighted by molar-refractivity contribution is 6.17. The Balaban J connectivity index is 3.43. The molecule has 1 rings (SSSR count). The molecule has 0 radical (unpaired) electrons. The lowest BCUT2D eigenvalue weighted by Gasteiger charge is -2.17. The molecule has 1 aromatic rings. The van der Waals surface area contributed by atoms with Gasteiger partial charge < -0.3 is 5.73 Å². The van der Waals surface area contributed by atoms with E-state index in [0.717, 1.165) is 24.9 Å². The number of nitrogen functional groups attached to an aromatic ring is 1. The quantitative estimate of drug-likeness (QED) is 0.614. The summed E-state index contributed by atoms with van der Waals surface area (Å²) in [6.45, 7) is 6.45. The van der Waals surface area contributed by atoms with Gasteiger partial charge >= 0.3 is 0 Å². The average Bonchev–Trinajstić information content (AvgIpc) is 2.28. The molecule has 84 valence electrons. The minimum absolute atomic E-state index is 0.587. The molecule has 0 amide bonds. The van der Waals surface area contributed by atoms with Crippen molar-refractivity contribution in [1.29, 1.82) is 0 Å². The van der Waals surface area contributed by atoms with Gasteiger partial charge in [0.1, 0.15) is 0 Å².